The molecule has 2 heterocycles. The Hall–Kier alpha value is -0.690. The first-order valence-corrected chi connectivity index (χ1v) is 6.90. The molecule has 0 amide bonds. The van der Waals surface area contributed by atoms with Crippen molar-refractivity contribution in [2.75, 3.05) is 5.73 Å². The number of aryl methyl sites for hydroxylation is 2. The van der Waals surface area contributed by atoms with Crippen molar-refractivity contribution in [3.05, 3.63) is 26.3 Å². The Bertz CT molecular complexity index is 522. The highest BCUT2D eigenvalue weighted by atomic mass is 127. The maximum atomic E-state index is 5.89. The van der Waals surface area contributed by atoms with Gasteiger partial charge in [-0.2, -0.15) is 0 Å². The molecule has 2 aromatic rings. The maximum Gasteiger partial charge on any atom is 0.171 e. The van der Waals surface area contributed by atoms with Crippen LogP contribution in [0.3, 0.4) is 0 Å². The van der Waals surface area contributed by atoms with E-state index in [1.165, 1.54) is 4.88 Å². The van der Waals surface area contributed by atoms with Gasteiger partial charge >= 0.3 is 0 Å². The topological polar surface area (TPSA) is 51.8 Å². The summed E-state index contributed by atoms with van der Waals surface area (Å²) >= 11 is 3.89. The van der Waals surface area contributed by atoms with Gasteiger partial charge in [-0.3, -0.25) is 0 Å². The second kappa shape index (κ2) is 4.67. The number of rotatable bonds is 2. The lowest BCUT2D eigenvalue weighted by molar-refractivity contribution is 0.996. The monoisotopic (exact) mass is 345 g/mol. The molecule has 0 radical (unpaired) electrons. The van der Waals surface area contributed by atoms with E-state index < -0.39 is 0 Å². The van der Waals surface area contributed by atoms with Crippen molar-refractivity contribution in [2.24, 2.45) is 0 Å². The van der Waals surface area contributed by atoms with Crippen LogP contribution in [-0.4, -0.2) is 9.97 Å². The number of nitrogens with zero attached hydrogens (tertiary/aromatic N) is 2. The summed E-state index contributed by atoms with van der Waals surface area (Å²) in [4.78, 5) is 11.2. The summed E-state index contributed by atoms with van der Waals surface area (Å²) in [6.45, 7) is 4.15. The SMILES string of the molecule is CCc1nc(-c2ccc(C)s2)nc(N)c1I. The van der Waals surface area contributed by atoms with Gasteiger partial charge in [-0.1, -0.05) is 6.92 Å². The number of nitrogens with two attached hydrogens (primary N) is 1. The summed E-state index contributed by atoms with van der Waals surface area (Å²) in [5.74, 6) is 1.32. The van der Waals surface area contributed by atoms with Gasteiger partial charge in [0.15, 0.2) is 5.82 Å². The number of aromatic nitrogens is 2. The molecule has 84 valence electrons. The smallest absolute Gasteiger partial charge is 0.171 e. The van der Waals surface area contributed by atoms with Crippen LogP contribution in [0.4, 0.5) is 5.82 Å². The minimum atomic E-state index is 0.577. The van der Waals surface area contributed by atoms with E-state index in [9.17, 15) is 0 Å². The third-order valence-electron chi connectivity index (χ3n) is 2.24. The molecule has 0 atom stereocenters. The van der Waals surface area contributed by atoms with Crippen molar-refractivity contribution < 1.29 is 0 Å². The lowest BCUT2D eigenvalue weighted by Crippen LogP contribution is -2.03. The van der Waals surface area contributed by atoms with Crippen LogP contribution in [0.25, 0.3) is 10.7 Å². The lowest BCUT2D eigenvalue weighted by Gasteiger charge is -2.05. The van der Waals surface area contributed by atoms with Gasteiger partial charge < -0.3 is 5.73 Å². The van der Waals surface area contributed by atoms with Crippen LogP contribution < -0.4 is 5.73 Å². The third-order valence-corrected chi connectivity index (χ3v) is 4.41. The van der Waals surface area contributed by atoms with Crippen LogP contribution in [-0.2, 0) is 6.42 Å². The maximum absolute atomic E-state index is 5.89. The Kier molecular flexibility index (Phi) is 3.44. The molecule has 0 aliphatic rings. The number of thiophene rings is 1. The summed E-state index contributed by atoms with van der Waals surface area (Å²) in [5, 5.41) is 0. The van der Waals surface area contributed by atoms with Gasteiger partial charge in [0.2, 0.25) is 0 Å². The highest BCUT2D eigenvalue weighted by Gasteiger charge is 2.11. The second-order valence-corrected chi connectivity index (χ2v) is 5.82. The van der Waals surface area contributed by atoms with Crippen molar-refractivity contribution in [3.8, 4) is 10.7 Å². The highest BCUT2D eigenvalue weighted by Crippen LogP contribution is 2.27. The summed E-state index contributed by atoms with van der Waals surface area (Å²) in [6.07, 6.45) is 0.877. The zero-order chi connectivity index (χ0) is 11.7. The van der Waals surface area contributed by atoms with Gasteiger partial charge in [-0.15, -0.1) is 11.3 Å². The Balaban J connectivity index is 2.54. The Labute approximate surface area is 112 Å². The van der Waals surface area contributed by atoms with Crippen LogP contribution in [0, 0.1) is 10.5 Å². The summed E-state index contributed by atoms with van der Waals surface area (Å²) in [6, 6.07) is 4.12. The predicted molar refractivity (Wildman–Crippen MR) is 76.6 cm³/mol. The van der Waals surface area contributed by atoms with E-state index in [1.54, 1.807) is 11.3 Å². The standard InChI is InChI=1S/C11H12IN3S/c1-3-7-9(12)10(13)15-11(14-7)8-5-4-6(2)16-8/h4-5H,3H2,1-2H3,(H2,13,14,15). The zero-order valence-electron chi connectivity index (χ0n) is 9.12. The summed E-state index contributed by atoms with van der Waals surface area (Å²) in [7, 11) is 0. The van der Waals surface area contributed by atoms with E-state index in [1.807, 2.05) is 6.07 Å². The van der Waals surface area contributed by atoms with Gasteiger partial charge in [-0.05, 0) is 48.1 Å². The largest absolute Gasteiger partial charge is 0.383 e. The van der Waals surface area contributed by atoms with E-state index >= 15 is 0 Å². The van der Waals surface area contributed by atoms with Gasteiger partial charge in [0.05, 0.1) is 14.1 Å². The fraction of sp³-hybridized carbons (Fsp3) is 0.273. The minimum Gasteiger partial charge on any atom is -0.383 e. The van der Waals surface area contributed by atoms with Crippen molar-refractivity contribution in [1.82, 2.24) is 9.97 Å². The number of hydrogen-bond donors (Lipinski definition) is 1. The van der Waals surface area contributed by atoms with Crippen molar-refractivity contribution in [2.45, 2.75) is 20.3 Å². The van der Waals surface area contributed by atoms with Crippen molar-refractivity contribution in [3.63, 3.8) is 0 Å². The first-order valence-electron chi connectivity index (χ1n) is 5.00. The second-order valence-electron chi connectivity index (χ2n) is 3.46. The minimum absolute atomic E-state index is 0.577. The molecular weight excluding hydrogens is 333 g/mol. The third kappa shape index (κ3) is 2.20. The Morgan fingerprint density at radius 2 is 2.12 bits per heavy atom. The first-order chi connectivity index (χ1) is 7.61. The molecule has 0 spiro atoms. The highest BCUT2D eigenvalue weighted by molar-refractivity contribution is 14.1. The summed E-state index contributed by atoms with van der Waals surface area (Å²) in [5.41, 5.74) is 6.91. The van der Waals surface area contributed by atoms with E-state index in [2.05, 4.69) is 52.5 Å². The van der Waals surface area contributed by atoms with Gasteiger partial charge in [0.25, 0.3) is 0 Å². The normalized spacial score (nSPS) is 10.7. The average molecular weight is 345 g/mol. The molecule has 2 rings (SSSR count). The van der Waals surface area contributed by atoms with Crippen LogP contribution in [0.1, 0.15) is 17.5 Å². The molecular formula is C11H12IN3S. The van der Waals surface area contributed by atoms with Crippen LogP contribution in [0.5, 0.6) is 0 Å². The molecule has 2 aromatic heterocycles. The number of hydrogen-bond acceptors (Lipinski definition) is 4. The zero-order valence-corrected chi connectivity index (χ0v) is 12.1. The molecule has 0 bridgehead atoms. The number of halogens is 1. The van der Waals surface area contributed by atoms with Gasteiger partial charge in [0, 0.05) is 4.88 Å². The van der Waals surface area contributed by atoms with Gasteiger partial charge in [-0.25, -0.2) is 9.97 Å². The molecule has 0 aliphatic heterocycles. The van der Waals surface area contributed by atoms with Crippen molar-refractivity contribution in [1.29, 1.82) is 0 Å². The average Bonchev–Trinajstić information content (AvgIpc) is 2.69. The molecule has 0 saturated carbocycles. The number of nitrogen functional groups attached to an aromatic ring is 1. The van der Waals surface area contributed by atoms with Gasteiger partial charge in [0.1, 0.15) is 5.82 Å². The molecule has 16 heavy (non-hydrogen) atoms. The van der Waals surface area contributed by atoms with Crippen LogP contribution >= 0.6 is 33.9 Å². The summed E-state index contributed by atoms with van der Waals surface area (Å²) < 4.78 is 0.970. The molecule has 0 aromatic carbocycles. The molecule has 5 heteroatoms. The van der Waals surface area contributed by atoms with E-state index in [0.717, 1.165) is 26.4 Å². The molecule has 2 N–H and O–H groups in total. The van der Waals surface area contributed by atoms with Crippen molar-refractivity contribution >= 4 is 39.7 Å². The molecule has 0 fully saturated rings. The predicted octanol–water partition coefficient (Wildman–Crippen LogP) is 3.26. The fourth-order valence-corrected chi connectivity index (χ4v) is 2.84. The molecule has 0 aliphatic carbocycles. The quantitative estimate of drug-likeness (QED) is 0.850. The fourth-order valence-electron chi connectivity index (χ4n) is 1.41. The van der Waals surface area contributed by atoms with Crippen LogP contribution in [0.15, 0.2) is 12.1 Å². The van der Waals surface area contributed by atoms with E-state index in [4.69, 9.17) is 5.73 Å². The molecule has 0 saturated heterocycles. The molecule has 0 unspecified atom stereocenters. The molecule has 3 nitrogen and oxygen atoms in total. The Morgan fingerprint density at radius 1 is 1.38 bits per heavy atom. The lowest BCUT2D eigenvalue weighted by atomic mass is 10.3. The van der Waals surface area contributed by atoms with Crippen LogP contribution in [0.2, 0.25) is 0 Å². The van der Waals surface area contributed by atoms with E-state index in [0.29, 0.717) is 5.82 Å². The number of anilines is 1. The first kappa shape index (κ1) is 11.8. The van der Waals surface area contributed by atoms with E-state index in [-0.39, 0.29) is 0 Å². The Morgan fingerprint density at radius 3 is 2.69 bits per heavy atom.